The second kappa shape index (κ2) is 7.61. The largest absolute Gasteiger partial charge is 0.218 e. The van der Waals surface area contributed by atoms with Crippen molar-refractivity contribution in [3.8, 4) is 0 Å². The average Bonchev–Trinajstić information content (AvgIpc) is 2.73. The Morgan fingerprint density at radius 2 is 2.00 bits per heavy atom. The van der Waals surface area contributed by atoms with E-state index >= 15 is 0 Å². The van der Waals surface area contributed by atoms with Gasteiger partial charge in [-0.25, -0.2) is 12.7 Å². The minimum absolute atomic E-state index is 0.0779. The Morgan fingerprint density at radius 1 is 1.24 bits per heavy atom. The summed E-state index contributed by atoms with van der Waals surface area (Å²) in [4.78, 5) is 0. The summed E-state index contributed by atoms with van der Waals surface area (Å²) in [5, 5.41) is 0. The van der Waals surface area contributed by atoms with Gasteiger partial charge >= 0.3 is 0 Å². The fourth-order valence-electron chi connectivity index (χ4n) is 2.93. The Hall–Kier alpha value is -0.580. The fourth-order valence-corrected chi connectivity index (χ4v) is 4.67. The average molecular weight is 330 g/mol. The molecule has 118 valence electrons. The van der Waals surface area contributed by atoms with Crippen molar-refractivity contribution in [2.75, 3.05) is 13.1 Å². The molecule has 5 heteroatoms. The minimum Gasteiger partial charge on any atom is -0.212 e. The van der Waals surface area contributed by atoms with E-state index in [4.69, 9.17) is 11.6 Å². The van der Waals surface area contributed by atoms with Crippen LogP contribution in [0.5, 0.6) is 0 Å². The second-order valence-electron chi connectivity index (χ2n) is 5.81. The molecule has 1 atom stereocenters. The zero-order chi connectivity index (χ0) is 15.3. The molecule has 1 fully saturated rings. The van der Waals surface area contributed by atoms with Crippen LogP contribution < -0.4 is 0 Å². The lowest BCUT2D eigenvalue weighted by molar-refractivity contribution is 0.407. The van der Waals surface area contributed by atoms with E-state index in [0.29, 0.717) is 24.9 Å². The number of sulfonamides is 1. The van der Waals surface area contributed by atoms with Crippen LogP contribution in [0.1, 0.15) is 43.7 Å². The van der Waals surface area contributed by atoms with Crippen LogP contribution in [0.15, 0.2) is 24.3 Å². The van der Waals surface area contributed by atoms with Crippen molar-refractivity contribution >= 4 is 21.6 Å². The second-order valence-corrected chi connectivity index (χ2v) is 8.05. The Morgan fingerprint density at radius 3 is 2.71 bits per heavy atom. The Labute approximate surface area is 133 Å². The lowest BCUT2D eigenvalue weighted by Crippen LogP contribution is -2.33. The van der Waals surface area contributed by atoms with E-state index in [9.17, 15) is 8.42 Å². The van der Waals surface area contributed by atoms with Gasteiger partial charge in [-0.1, -0.05) is 37.6 Å². The van der Waals surface area contributed by atoms with Crippen LogP contribution in [0.2, 0.25) is 0 Å². The topological polar surface area (TPSA) is 37.4 Å². The smallest absolute Gasteiger partial charge is 0.212 e. The molecule has 2 rings (SSSR count). The van der Waals surface area contributed by atoms with Gasteiger partial charge in [0.25, 0.3) is 0 Å². The van der Waals surface area contributed by atoms with Gasteiger partial charge in [-0.05, 0) is 36.3 Å². The molecule has 1 saturated heterocycles. The number of hydrogen-bond acceptors (Lipinski definition) is 2. The molecule has 0 aromatic heterocycles. The standard InChI is InChI=1S/C16H24ClNO2S/c1-2-14-7-4-9-18(10-8-14)21(19,20)13-16-6-3-5-15(11-16)12-17/h3,5-6,11,14H,2,4,7-10,12-13H2,1H3. The molecule has 21 heavy (non-hydrogen) atoms. The first-order valence-corrected chi connectivity index (χ1v) is 9.81. The molecule has 0 spiro atoms. The van der Waals surface area contributed by atoms with Crippen LogP contribution in [0.25, 0.3) is 0 Å². The van der Waals surface area contributed by atoms with E-state index in [1.165, 1.54) is 0 Å². The van der Waals surface area contributed by atoms with E-state index in [1.807, 2.05) is 24.3 Å². The lowest BCUT2D eigenvalue weighted by Gasteiger charge is -2.20. The van der Waals surface area contributed by atoms with Gasteiger partial charge in [0.15, 0.2) is 0 Å². The minimum atomic E-state index is -3.23. The van der Waals surface area contributed by atoms with Crippen molar-refractivity contribution in [1.82, 2.24) is 4.31 Å². The zero-order valence-electron chi connectivity index (χ0n) is 12.6. The first-order valence-electron chi connectivity index (χ1n) is 7.66. The predicted octanol–water partition coefficient (Wildman–Crippen LogP) is 3.77. The number of benzene rings is 1. The normalized spacial score (nSPS) is 21.1. The third kappa shape index (κ3) is 4.70. The molecule has 0 radical (unpaired) electrons. The van der Waals surface area contributed by atoms with Crippen molar-refractivity contribution in [2.45, 2.75) is 44.2 Å². The predicted molar refractivity (Wildman–Crippen MR) is 87.8 cm³/mol. The summed E-state index contributed by atoms with van der Waals surface area (Å²) < 4.78 is 26.9. The number of alkyl halides is 1. The van der Waals surface area contributed by atoms with Crippen LogP contribution >= 0.6 is 11.6 Å². The van der Waals surface area contributed by atoms with E-state index in [2.05, 4.69) is 6.92 Å². The third-order valence-electron chi connectivity index (χ3n) is 4.27. The molecular formula is C16H24ClNO2S. The maximum atomic E-state index is 12.6. The highest BCUT2D eigenvalue weighted by Gasteiger charge is 2.25. The van der Waals surface area contributed by atoms with E-state index in [-0.39, 0.29) is 5.75 Å². The Balaban J connectivity index is 2.07. The van der Waals surface area contributed by atoms with E-state index in [1.54, 1.807) is 4.31 Å². The molecule has 3 nitrogen and oxygen atoms in total. The van der Waals surface area contributed by atoms with Gasteiger partial charge in [0.2, 0.25) is 10.0 Å². The molecule has 1 unspecified atom stereocenters. The molecule has 0 bridgehead atoms. The highest BCUT2D eigenvalue weighted by Crippen LogP contribution is 2.23. The summed E-state index contributed by atoms with van der Waals surface area (Å²) in [6, 6.07) is 7.54. The molecule has 0 saturated carbocycles. The third-order valence-corrected chi connectivity index (χ3v) is 6.43. The number of rotatable bonds is 5. The SMILES string of the molecule is CCC1CCCN(S(=O)(=O)Cc2cccc(CCl)c2)CC1. The highest BCUT2D eigenvalue weighted by molar-refractivity contribution is 7.88. The van der Waals surface area contributed by atoms with Gasteiger partial charge in [0.05, 0.1) is 5.75 Å². The molecule has 1 aromatic carbocycles. The fraction of sp³-hybridized carbons (Fsp3) is 0.625. The van der Waals surface area contributed by atoms with Crippen molar-refractivity contribution in [2.24, 2.45) is 5.92 Å². The molecular weight excluding hydrogens is 306 g/mol. The maximum absolute atomic E-state index is 12.6. The summed E-state index contributed by atoms with van der Waals surface area (Å²) in [7, 11) is -3.23. The van der Waals surface area contributed by atoms with E-state index < -0.39 is 10.0 Å². The van der Waals surface area contributed by atoms with Gasteiger partial charge in [-0.15, -0.1) is 11.6 Å². The molecule has 0 aliphatic carbocycles. The molecule has 0 amide bonds. The molecule has 1 aliphatic heterocycles. The summed E-state index contributed by atoms with van der Waals surface area (Å²) >= 11 is 5.81. The molecule has 0 N–H and O–H groups in total. The highest BCUT2D eigenvalue weighted by atomic mass is 35.5. The molecule has 1 aliphatic rings. The van der Waals surface area contributed by atoms with Crippen LogP contribution in [-0.4, -0.2) is 25.8 Å². The first-order chi connectivity index (χ1) is 10.0. The van der Waals surface area contributed by atoms with Gasteiger partial charge in [0, 0.05) is 19.0 Å². The number of halogens is 1. The molecule has 1 aromatic rings. The van der Waals surface area contributed by atoms with Gasteiger partial charge in [-0.3, -0.25) is 0 Å². The van der Waals surface area contributed by atoms with Gasteiger partial charge < -0.3 is 0 Å². The number of nitrogens with zero attached hydrogens (tertiary/aromatic N) is 1. The first kappa shape index (κ1) is 16.8. The maximum Gasteiger partial charge on any atom is 0.218 e. The Kier molecular flexibility index (Phi) is 6.08. The van der Waals surface area contributed by atoms with Gasteiger partial charge in [-0.2, -0.15) is 0 Å². The van der Waals surface area contributed by atoms with Crippen LogP contribution in [-0.2, 0) is 21.7 Å². The number of hydrogen-bond donors (Lipinski definition) is 0. The van der Waals surface area contributed by atoms with Crippen LogP contribution in [0.3, 0.4) is 0 Å². The Bertz CT molecular complexity index is 559. The van der Waals surface area contributed by atoms with Crippen LogP contribution in [0.4, 0.5) is 0 Å². The van der Waals surface area contributed by atoms with Crippen molar-refractivity contribution in [3.05, 3.63) is 35.4 Å². The van der Waals surface area contributed by atoms with Crippen molar-refractivity contribution in [3.63, 3.8) is 0 Å². The summed E-state index contributed by atoms with van der Waals surface area (Å²) in [6.45, 7) is 3.51. The van der Waals surface area contributed by atoms with Gasteiger partial charge in [0.1, 0.15) is 0 Å². The quantitative estimate of drug-likeness (QED) is 0.771. The van der Waals surface area contributed by atoms with Crippen LogP contribution in [0, 0.1) is 5.92 Å². The van der Waals surface area contributed by atoms with E-state index in [0.717, 1.165) is 36.8 Å². The summed E-state index contributed by atoms with van der Waals surface area (Å²) in [6.07, 6.45) is 4.24. The van der Waals surface area contributed by atoms with Crippen molar-refractivity contribution in [1.29, 1.82) is 0 Å². The monoisotopic (exact) mass is 329 g/mol. The summed E-state index contributed by atoms with van der Waals surface area (Å²) in [5.74, 6) is 1.16. The zero-order valence-corrected chi connectivity index (χ0v) is 14.2. The summed E-state index contributed by atoms with van der Waals surface area (Å²) in [5.41, 5.74) is 1.79. The van der Waals surface area contributed by atoms with Crippen molar-refractivity contribution < 1.29 is 8.42 Å². The lowest BCUT2D eigenvalue weighted by atomic mass is 9.98. The molecule has 1 heterocycles.